The van der Waals surface area contributed by atoms with Crippen molar-refractivity contribution in [2.75, 3.05) is 12.4 Å². The molecule has 0 spiro atoms. The molecule has 2 aromatic rings. The third-order valence-electron chi connectivity index (χ3n) is 2.38. The maximum atomic E-state index is 11.9. The summed E-state index contributed by atoms with van der Waals surface area (Å²) >= 11 is 0. The zero-order valence-corrected chi connectivity index (χ0v) is 9.68. The normalized spacial score (nSPS) is 10.0. The summed E-state index contributed by atoms with van der Waals surface area (Å²) in [5, 5.41) is 6.72. The molecule has 2 rings (SSSR count). The lowest BCUT2D eigenvalue weighted by atomic mass is 10.3. The summed E-state index contributed by atoms with van der Waals surface area (Å²) in [5.41, 5.74) is 1.20. The van der Waals surface area contributed by atoms with Crippen molar-refractivity contribution >= 4 is 11.6 Å². The molecular formula is C12H13N3O2. The minimum atomic E-state index is -0.196. The number of ether oxygens (including phenoxy) is 1. The zero-order valence-electron chi connectivity index (χ0n) is 9.68. The van der Waals surface area contributed by atoms with E-state index in [9.17, 15) is 4.79 Å². The van der Waals surface area contributed by atoms with Gasteiger partial charge in [0.05, 0.1) is 7.11 Å². The summed E-state index contributed by atoms with van der Waals surface area (Å²) in [4.78, 5) is 11.9. The van der Waals surface area contributed by atoms with E-state index >= 15 is 0 Å². The highest BCUT2D eigenvalue weighted by molar-refractivity contribution is 6.03. The van der Waals surface area contributed by atoms with Crippen LogP contribution in [0.4, 0.5) is 5.69 Å². The van der Waals surface area contributed by atoms with Gasteiger partial charge in [0.2, 0.25) is 0 Å². The van der Waals surface area contributed by atoms with Crippen LogP contribution in [-0.2, 0) is 7.05 Å². The predicted octanol–water partition coefficient (Wildman–Crippen LogP) is 1.68. The fourth-order valence-electron chi connectivity index (χ4n) is 1.49. The Morgan fingerprint density at radius 3 is 2.88 bits per heavy atom. The van der Waals surface area contributed by atoms with Crippen molar-refractivity contribution in [1.82, 2.24) is 9.78 Å². The first kappa shape index (κ1) is 11.2. The topological polar surface area (TPSA) is 56.1 Å². The van der Waals surface area contributed by atoms with Crippen LogP contribution in [0.5, 0.6) is 5.75 Å². The van der Waals surface area contributed by atoms with E-state index in [0.717, 1.165) is 0 Å². The van der Waals surface area contributed by atoms with E-state index in [-0.39, 0.29) is 5.91 Å². The average molecular weight is 231 g/mol. The molecule has 17 heavy (non-hydrogen) atoms. The molecule has 88 valence electrons. The number of methoxy groups -OCH3 is 1. The highest BCUT2D eigenvalue weighted by atomic mass is 16.5. The highest BCUT2D eigenvalue weighted by Crippen LogP contribution is 2.17. The van der Waals surface area contributed by atoms with E-state index in [1.165, 1.54) is 4.68 Å². The van der Waals surface area contributed by atoms with Crippen molar-refractivity contribution in [2.45, 2.75) is 0 Å². The molecule has 0 aliphatic rings. The Morgan fingerprint density at radius 1 is 1.41 bits per heavy atom. The molecule has 1 aromatic carbocycles. The molecule has 0 radical (unpaired) electrons. The third-order valence-corrected chi connectivity index (χ3v) is 2.38. The predicted molar refractivity (Wildman–Crippen MR) is 64.2 cm³/mol. The van der Waals surface area contributed by atoms with Gasteiger partial charge in [-0.15, -0.1) is 0 Å². The molecule has 0 unspecified atom stereocenters. The van der Waals surface area contributed by atoms with Crippen LogP contribution in [0.25, 0.3) is 0 Å². The van der Waals surface area contributed by atoms with Gasteiger partial charge in [0.25, 0.3) is 5.91 Å². The Balaban J connectivity index is 2.16. The monoisotopic (exact) mass is 231 g/mol. The standard InChI is InChI=1S/C12H13N3O2/c1-15-11(6-7-13-15)12(16)14-9-4-3-5-10(8-9)17-2/h3-8H,1-2H3,(H,14,16). The van der Waals surface area contributed by atoms with E-state index in [4.69, 9.17) is 4.74 Å². The molecule has 0 atom stereocenters. The molecule has 0 fully saturated rings. The number of aromatic nitrogens is 2. The average Bonchev–Trinajstić information content (AvgIpc) is 2.76. The maximum absolute atomic E-state index is 11.9. The highest BCUT2D eigenvalue weighted by Gasteiger charge is 2.09. The first-order valence-electron chi connectivity index (χ1n) is 5.14. The lowest BCUT2D eigenvalue weighted by Gasteiger charge is -2.06. The van der Waals surface area contributed by atoms with Gasteiger partial charge in [-0.05, 0) is 18.2 Å². The second kappa shape index (κ2) is 4.69. The van der Waals surface area contributed by atoms with Crippen LogP contribution in [0.15, 0.2) is 36.5 Å². The number of rotatable bonds is 3. The molecule has 0 aliphatic heterocycles. The molecule has 1 amide bonds. The maximum Gasteiger partial charge on any atom is 0.273 e. The Kier molecular flexibility index (Phi) is 3.09. The van der Waals surface area contributed by atoms with E-state index in [2.05, 4.69) is 10.4 Å². The lowest BCUT2D eigenvalue weighted by Crippen LogP contribution is -2.16. The summed E-state index contributed by atoms with van der Waals surface area (Å²) in [6.07, 6.45) is 1.58. The molecule has 5 nitrogen and oxygen atoms in total. The Hall–Kier alpha value is -2.30. The number of nitrogens with one attached hydrogen (secondary N) is 1. The van der Waals surface area contributed by atoms with Crippen molar-refractivity contribution < 1.29 is 9.53 Å². The molecule has 1 N–H and O–H groups in total. The van der Waals surface area contributed by atoms with Gasteiger partial charge < -0.3 is 10.1 Å². The first-order chi connectivity index (χ1) is 8.20. The van der Waals surface area contributed by atoms with Crippen molar-refractivity contribution in [3.63, 3.8) is 0 Å². The van der Waals surface area contributed by atoms with E-state index in [1.54, 1.807) is 38.6 Å². The fraction of sp³-hybridized carbons (Fsp3) is 0.167. The zero-order chi connectivity index (χ0) is 12.3. The molecule has 1 heterocycles. The summed E-state index contributed by atoms with van der Waals surface area (Å²) < 4.78 is 6.61. The van der Waals surface area contributed by atoms with Crippen LogP contribution in [0.2, 0.25) is 0 Å². The van der Waals surface area contributed by atoms with E-state index in [1.807, 2.05) is 12.1 Å². The summed E-state index contributed by atoms with van der Waals surface area (Å²) in [7, 11) is 3.31. The van der Waals surface area contributed by atoms with Crippen LogP contribution in [0.1, 0.15) is 10.5 Å². The second-order valence-electron chi connectivity index (χ2n) is 3.53. The number of benzene rings is 1. The molecule has 0 saturated heterocycles. The smallest absolute Gasteiger partial charge is 0.273 e. The largest absolute Gasteiger partial charge is 0.497 e. The van der Waals surface area contributed by atoms with Gasteiger partial charge in [-0.25, -0.2) is 0 Å². The SMILES string of the molecule is COc1cccc(NC(=O)c2ccnn2C)c1. The minimum Gasteiger partial charge on any atom is -0.497 e. The molecule has 0 bridgehead atoms. The van der Waals surface area contributed by atoms with Gasteiger partial charge in [-0.1, -0.05) is 6.07 Å². The Labute approximate surface area is 99.0 Å². The van der Waals surface area contributed by atoms with Crippen molar-refractivity contribution in [3.05, 3.63) is 42.2 Å². The van der Waals surface area contributed by atoms with Gasteiger partial charge >= 0.3 is 0 Å². The van der Waals surface area contributed by atoms with Crippen LogP contribution >= 0.6 is 0 Å². The summed E-state index contributed by atoms with van der Waals surface area (Å²) in [5.74, 6) is 0.506. The van der Waals surface area contributed by atoms with Crippen molar-refractivity contribution in [2.24, 2.45) is 7.05 Å². The number of anilines is 1. The molecular weight excluding hydrogens is 218 g/mol. The van der Waals surface area contributed by atoms with E-state index in [0.29, 0.717) is 17.1 Å². The molecule has 0 aliphatic carbocycles. The van der Waals surface area contributed by atoms with Crippen molar-refractivity contribution in [1.29, 1.82) is 0 Å². The molecule has 1 aromatic heterocycles. The van der Waals surface area contributed by atoms with Gasteiger partial charge in [-0.2, -0.15) is 5.10 Å². The van der Waals surface area contributed by atoms with Gasteiger partial charge in [0.15, 0.2) is 0 Å². The lowest BCUT2D eigenvalue weighted by molar-refractivity contribution is 0.101. The van der Waals surface area contributed by atoms with Crippen LogP contribution in [-0.4, -0.2) is 22.8 Å². The number of aryl methyl sites for hydroxylation is 1. The number of hydrogen-bond donors (Lipinski definition) is 1. The molecule has 0 saturated carbocycles. The van der Waals surface area contributed by atoms with E-state index < -0.39 is 0 Å². The van der Waals surface area contributed by atoms with Crippen LogP contribution in [0.3, 0.4) is 0 Å². The number of amides is 1. The van der Waals surface area contributed by atoms with Crippen LogP contribution < -0.4 is 10.1 Å². The summed E-state index contributed by atoms with van der Waals surface area (Å²) in [6.45, 7) is 0. The van der Waals surface area contributed by atoms with Gasteiger partial charge in [-0.3, -0.25) is 9.48 Å². The second-order valence-corrected chi connectivity index (χ2v) is 3.53. The van der Waals surface area contributed by atoms with Gasteiger partial charge in [0.1, 0.15) is 11.4 Å². The molecule has 5 heteroatoms. The van der Waals surface area contributed by atoms with Crippen molar-refractivity contribution in [3.8, 4) is 5.75 Å². The third kappa shape index (κ3) is 2.44. The summed E-state index contributed by atoms with van der Waals surface area (Å²) in [6, 6.07) is 8.86. The number of hydrogen-bond acceptors (Lipinski definition) is 3. The van der Waals surface area contributed by atoms with Crippen LogP contribution in [0, 0.1) is 0 Å². The minimum absolute atomic E-state index is 0.196. The number of carbonyl (C=O) groups is 1. The quantitative estimate of drug-likeness (QED) is 0.874. The Morgan fingerprint density at radius 2 is 2.24 bits per heavy atom. The number of nitrogens with zero attached hydrogens (tertiary/aromatic N) is 2. The fourth-order valence-corrected chi connectivity index (χ4v) is 1.49. The Bertz CT molecular complexity index is 534. The van der Waals surface area contributed by atoms with Gasteiger partial charge in [0, 0.05) is 25.0 Å². The first-order valence-corrected chi connectivity index (χ1v) is 5.14. The number of carbonyl (C=O) groups excluding carboxylic acids is 1.